The fraction of sp³-hybridized carbons (Fsp3) is 0.0769. The minimum Gasteiger partial charge on any atom is -0.350 e. The Labute approximate surface area is 132 Å². The van der Waals surface area contributed by atoms with Gasteiger partial charge < -0.3 is 5.32 Å². The van der Waals surface area contributed by atoms with Crippen molar-refractivity contribution in [2.24, 2.45) is 0 Å². The monoisotopic (exact) mass is 350 g/mol. The molecule has 0 atom stereocenters. The van der Waals surface area contributed by atoms with Gasteiger partial charge >= 0.3 is 6.18 Å². The summed E-state index contributed by atoms with van der Waals surface area (Å²) in [6.07, 6.45) is -4.66. The maximum atomic E-state index is 12.6. The van der Waals surface area contributed by atoms with Gasteiger partial charge in [0.05, 0.1) is 20.5 Å². The molecular formula is C13H7Cl2F3N2O2. The Morgan fingerprint density at radius 3 is 2.27 bits per heavy atom. The van der Waals surface area contributed by atoms with Crippen LogP contribution < -0.4 is 5.32 Å². The molecule has 0 radical (unpaired) electrons. The molecule has 2 aromatic carbocycles. The second kappa shape index (κ2) is 6.02. The van der Waals surface area contributed by atoms with E-state index in [9.17, 15) is 23.3 Å². The highest BCUT2D eigenvalue weighted by atomic mass is 35.5. The van der Waals surface area contributed by atoms with Gasteiger partial charge in [0.2, 0.25) is 0 Å². The summed E-state index contributed by atoms with van der Waals surface area (Å²) in [4.78, 5) is 10.1. The van der Waals surface area contributed by atoms with E-state index in [1.54, 1.807) is 0 Å². The second-order valence-electron chi connectivity index (χ2n) is 4.24. The van der Waals surface area contributed by atoms with Gasteiger partial charge in [0, 0.05) is 11.8 Å². The molecule has 4 nitrogen and oxygen atoms in total. The average molecular weight is 351 g/mol. The fourth-order valence-electron chi connectivity index (χ4n) is 1.69. The highest BCUT2D eigenvalue weighted by Crippen LogP contribution is 2.36. The first kappa shape index (κ1) is 16.4. The molecule has 0 fully saturated rings. The van der Waals surface area contributed by atoms with E-state index in [-0.39, 0.29) is 15.7 Å². The molecule has 116 valence electrons. The van der Waals surface area contributed by atoms with Crippen LogP contribution in [0, 0.1) is 10.1 Å². The van der Waals surface area contributed by atoms with Crippen molar-refractivity contribution in [1.82, 2.24) is 0 Å². The summed E-state index contributed by atoms with van der Waals surface area (Å²) < 4.78 is 37.8. The van der Waals surface area contributed by atoms with Gasteiger partial charge in [-0.05, 0) is 30.3 Å². The SMILES string of the molecule is O=[N+]([O-])c1cc(C(F)(F)F)ccc1Nc1ccc(Cl)c(Cl)c1. The Kier molecular flexibility index (Phi) is 4.48. The molecule has 0 aliphatic rings. The Morgan fingerprint density at radius 1 is 1.05 bits per heavy atom. The van der Waals surface area contributed by atoms with Gasteiger partial charge in [-0.2, -0.15) is 13.2 Å². The number of nitro benzene ring substituents is 1. The van der Waals surface area contributed by atoms with Gasteiger partial charge in [0.25, 0.3) is 5.69 Å². The van der Waals surface area contributed by atoms with Crippen LogP contribution in [0.1, 0.15) is 5.56 Å². The standard InChI is InChI=1S/C13H7Cl2F3N2O2/c14-9-3-2-8(6-10(9)15)19-11-4-1-7(13(16,17)18)5-12(11)20(21)22/h1-6,19H. The highest BCUT2D eigenvalue weighted by Gasteiger charge is 2.33. The van der Waals surface area contributed by atoms with Gasteiger partial charge in [0.15, 0.2) is 0 Å². The summed E-state index contributed by atoms with van der Waals surface area (Å²) in [5, 5.41) is 14.1. The third kappa shape index (κ3) is 3.61. The molecule has 0 bridgehead atoms. The van der Waals surface area contributed by atoms with Crippen LogP contribution in [0.2, 0.25) is 10.0 Å². The lowest BCUT2D eigenvalue weighted by atomic mass is 10.1. The van der Waals surface area contributed by atoms with Gasteiger partial charge in [-0.1, -0.05) is 23.2 Å². The molecule has 0 aromatic heterocycles. The maximum Gasteiger partial charge on any atom is 0.416 e. The molecule has 0 aliphatic carbocycles. The predicted molar refractivity (Wildman–Crippen MR) is 77.8 cm³/mol. The van der Waals surface area contributed by atoms with Crippen LogP contribution in [-0.2, 0) is 6.18 Å². The molecule has 22 heavy (non-hydrogen) atoms. The van der Waals surface area contributed by atoms with Crippen molar-refractivity contribution in [3.63, 3.8) is 0 Å². The van der Waals surface area contributed by atoms with Gasteiger partial charge in [-0.3, -0.25) is 10.1 Å². The zero-order chi connectivity index (χ0) is 16.5. The van der Waals surface area contributed by atoms with Crippen LogP contribution in [0.5, 0.6) is 0 Å². The van der Waals surface area contributed by atoms with Crippen molar-refractivity contribution in [2.75, 3.05) is 5.32 Å². The zero-order valence-electron chi connectivity index (χ0n) is 10.6. The Bertz CT molecular complexity index is 736. The van der Waals surface area contributed by atoms with E-state index in [0.717, 1.165) is 12.1 Å². The first-order valence-corrected chi connectivity index (χ1v) is 6.52. The van der Waals surface area contributed by atoms with E-state index in [1.807, 2.05) is 0 Å². The lowest BCUT2D eigenvalue weighted by molar-refractivity contribution is -0.384. The first-order chi connectivity index (χ1) is 10.2. The van der Waals surface area contributed by atoms with Crippen LogP contribution >= 0.6 is 23.2 Å². The number of nitrogens with one attached hydrogen (secondary N) is 1. The smallest absolute Gasteiger partial charge is 0.350 e. The van der Waals surface area contributed by atoms with Crippen molar-refractivity contribution in [2.45, 2.75) is 6.18 Å². The summed E-state index contributed by atoms with van der Waals surface area (Å²) in [6.45, 7) is 0. The number of alkyl halides is 3. The molecule has 2 rings (SSSR count). The molecule has 1 N–H and O–H groups in total. The number of nitrogens with zero attached hydrogens (tertiary/aromatic N) is 1. The lowest BCUT2D eigenvalue weighted by Crippen LogP contribution is -2.06. The quantitative estimate of drug-likeness (QED) is 0.573. The van der Waals surface area contributed by atoms with Crippen molar-refractivity contribution >= 4 is 40.3 Å². The van der Waals surface area contributed by atoms with E-state index in [1.165, 1.54) is 18.2 Å². The Morgan fingerprint density at radius 2 is 1.73 bits per heavy atom. The summed E-state index contributed by atoms with van der Waals surface area (Å²) in [6, 6.07) is 6.58. The number of benzene rings is 2. The number of nitro groups is 1. The molecule has 0 aliphatic heterocycles. The van der Waals surface area contributed by atoms with Gasteiger partial charge in [-0.25, -0.2) is 0 Å². The third-order valence-electron chi connectivity index (χ3n) is 2.72. The topological polar surface area (TPSA) is 55.2 Å². The van der Waals surface area contributed by atoms with Crippen molar-refractivity contribution in [3.05, 3.63) is 62.1 Å². The van der Waals surface area contributed by atoms with Crippen LogP contribution in [0.15, 0.2) is 36.4 Å². The lowest BCUT2D eigenvalue weighted by Gasteiger charge is -2.11. The van der Waals surface area contributed by atoms with Gasteiger partial charge in [0.1, 0.15) is 5.69 Å². The van der Waals surface area contributed by atoms with Crippen LogP contribution in [0.25, 0.3) is 0 Å². The Balaban J connectivity index is 2.42. The summed E-state index contributed by atoms with van der Waals surface area (Å²) in [5.74, 6) is 0. The molecule has 0 saturated carbocycles. The molecular weight excluding hydrogens is 344 g/mol. The summed E-state index contributed by atoms with van der Waals surface area (Å²) >= 11 is 11.6. The van der Waals surface area contributed by atoms with Crippen LogP contribution in [0.3, 0.4) is 0 Å². The number of hydrogen-bond donors (Lipinski definition) is 1. The largest absolute Gasteiger partial charge is 0.416 e. The maximum absolute atomic E-state index is 12.6. The van der Waals surface area contributed by atoms with Crippen LogP contribution in [0.4, 0.5) is 30.2 Å². The van der Waals surface area contributed by atoms with Crippen molar-refractivity contribution in [3.8, 4) is 0 Å². The van der Waals surface area contributed by atoms with Crippen molar-refractivity contribution < 1.29 is 18.1 Å². The molecule has 0 unspecified atom stereocenters. The Hall–Kier alpha value is -1.99. The molecule has 0 saturated heterocycles. The third-order valence-corrected chi connectivity index (χ3v) is 3.46. The molecule has 0 heterocycles. The number of anilines is 2. The highest BCUT2D eigenvalue weighted by molar-refractivity contribution is 6.42. The average Bonchev–Trinajstić information content (AvgIpc) is 2.42. The van der Waals surface area contributed by atoms with E-state index >= 15 is 0 Å². The minimum absolute atomic E-state index is 0.0867. The predicted octanol–water partition coefficient (Wildman–Crippen LogP) is 5.66. The first-order valence-electron chi connectivity index (χ1n) is 5.76. The molecule has 0 spiro atoms. The molecule has 9 heteroatoms. The number of rotatable bonds is 3. The molecule has 2 aromatic rings. The van der Waals surface area contributed by atoms with Crippen molar-refractivity contribution in [1.29, 1.82) is 0 Å². The fourth-order valence-corrected chi connectivity index (χ4v) is 1.99. The van der Waals surface area contributed by atoms with E-state index < -0.39 is 22.4 Å². The second-order valence-corrected chi connectivity index (χ2v) is 5.06. The van der Waals surface area contributed by atoms with E-state index in [2.05, 4.69) is 5.32 Å². The van der Waals surface area contributed by atoms with E-state index in [0.29, 0.717) is 11.8 Å². The number of hydrogen-bond acceptors (Lipinski definition) is 3. The van der Waals surface area contributed by atoms with E-state index in [4.69, 9.17) is 23.2 Å². The zero-order valence-corrected chi connectivity index (χ0v) is 12.1. The molecule has 0 amide bonds. The normalized spacial score (nSPS) is 11.3. The minimum atomic E-state index is -4.66. The van der Waals surface area contributed by atoms with Gasteiger partial charge in [-0.15, -0.1) is 0 Å². The summed E-state index contributed by atoms with van der Waals surface area (Å²) in [5.41, 5.74) is -1.52. The van der Waals surface area contributed by atoms with Crippen LogP contribution in [-0.4, -0.2) is 4.92 Å². The summed E-state index contributed by atoms with van der Waals surface area (Å²) in [7, 11) is 0. The number of halogens is 5.